The molecule has 0 amide bonds. The van der Waals surface area contributed by atoms with Crippen molar-refractivity contribution in [3.05, 3.63) is 48.0 Å². The van der Waals surface area contributed by atoms with Crippen molar-refractivity contribution in [2.24, 2.45) is 16.7 Å². The summed E-state index contributed by atoms with van der Waals surface area (Å²) in [6.45, 7) is 3.93. The van der Waals surface area contributed by atoms with E-state index in [1.54, 1.807) is 30.7 Å². The normalized spacial score (nSPS) is 46.1. The van der Waals surface area contributed by atoms with E-state index in [1.165, 1.54) is 0 Å². The van der Waals surface area contributed by atoms with Crippen molar-refractivity contribution in [2.45, 2.75) is 44.5 Å². The van der Waals surface area contributed by atoms with Crippen molar-refractivity contribution in [3.63, 3.8) is 0 Å². The highest BCUT2D eigenvalue weighted by atomic mass is 16.6. The van der Waals surface area contributed by atoms with Crippen LogP contribution in [-0.2, 0) is 19.1 Å². The molecule has 4 heterocycles. The van der Waals surface area contributed by atoms with E-state index in [1.807, 2.05) is 19.9 Å². The number of aliphatic hydroxyl groups is 1. The van der Waals surface area contributed by atoms with Gasteiger partial charge < -0.3 is 19.0 Å². The highest BCUT2D eigenvalue weighted by Gasteiger charge is 2.71. The number of cyclic esters (lactones) is 1. The van der Waals surface area contributed by atoms with Gasteiger partial charge in [-0.05, 0) is 31.1 Å². The molecular weight excluding hydrogens is 336 g/mol. The molecule has 6 nitrogen and oxygen atoms in total. The largest absolute Gasteiger partial charge is 0.472 e. The summed E-state index contributed by atoms with van der Waals surface area (Å²) in [6.07, 6.45) is 8.36. The molecule has 0 spiro atoms. The van der Waals surface area contributed by atoms with Crippen molar-refractivity contribution < 1.29 is 28.6 Å². The standard InChI is InChI=1S/C20H20O6/c1-18-9-14(11-5-8-24-10-11)25-16(21)12(18)3-6-19(2)15(18)13-4-7-20(19,23)17(22)26-13/h3-5,7-8,10,13-15,23H,6,9H2,1-2H3/t13-,14?,15+,18-,19-,20+/m1/s1. The van der Waals surface area contributed by atoms with Gasteiger partial charge >= 0.3 is 11.9 Å². The van der Waals surface area contributed by atoms with Crippen molar-refractivity contribution in [1.82, 2.24) is 0 Å². The van der Waals surface area contributed by atoms with Crippen LogP contribution in [-0.4, -0.2) is 28.8 Å². The lowest BCUT2D eigenvalue weighted by Crippen LogP contribution is -2.70. The molecule has 26 heavy (non-hydrogen) atoms. The minimum absolute atomic E-state index is 0.218. The van der Waals surface area contributed by atoms with Crippen molar-refractivity contribution in [1.29, 1.82) is 0 Å². The molecule has 2 bridgehead atoms. The Bertz CT molecular complexity index is 867. The van der Waals surface area contributed by atoms with Crippen LogP contribution in [0.2, 0.25) is 0 Å². The summed E-state index contributed by atoms with van der Waals surface area (Å²) in [5, 5.41) is 11.1. The Hall–Kier alpha value is -2.34. The Balaban J connectivity index is 1.65. The summed E-state index contributed by atoms with van der Waals surface area (Å²) in [7, 11) is 0. The molecule has 5 aliphatic rings. The molecule has 1 aromatic rings. The third-order valence-electron chi connectivity index (χ3n) is 6.99. The number of hydrogen-bond donors (Lipinski definition) is 1. The number of carbonyl (C=O) groups excluding carboxylic acids is 2. The first kappa shape index (κ1) is 15.9. The van der Waals surface area contributed by atoms with E-state index in [-0.39, 0.29) is 11.9 Å². The van der Waals surface area contributed by atoms with Gasteiger partial charge in [-0.3, -0.25) is 0 Å². The van der Waals surface area contributed by atoms with Crippen molar-refractivity contribution >= 4 is 11.9 Å². The van der Waals surface area contributed by atoms with Gasteiger partial charge in [0.2, 0.25) is 0 Å². The SMILES string of the molecule is C[C@@]12CC(c3ccoc3)OC(=O)C1=CC[C@]1(C)[C@H]2[C@H]2C=C[C@]1(O)C(=O)O2. The summed E-state index contributed by atoms with van der Waals surface area (Å²) in [5.74, 6) is -1.17. The van der Waals surface area contributed by atoms with Crippen LogP contribution >= 0.6 is 0 Å². The quantitative estimate of drug-likeness (QED) is 0.614. The van der Waals surface area contributed by atoms with E-state index in [9.17, 15) is 14.7 Å². The zero-order valence-corrected chi connectivity index (χ0v) is 14.6. The second-order valence-electron chi connectivity index (χ2n) is 8.28. The zero-order valence-electron chi connectivity index (χ0n) is 14.6. The molecule has 6 heteroatoms. The number of hydrogen-bond acceptors (Lipinski definition) is 6. The fourth-order valence-corrected chi connectivity index (χ4v) is 5.64. The Morgan fingerprint density at radius 3 is 2.73 bits per heavy atom. The summed E-state index contributed by atoms with van der Waals surface area (Å²) < 4.78 is 16.3. The Labute approximate surface area is 150 Å². The third kappa shape index (κ3) is 1.66. The molecule has 3 aliphatic heterocycles. The number of ether oxygens (including phenoxy) is 2. The first-order chi connectivity index (χ1) is 12.3. The molecule has 1 unspecified atom stereocenters. The first-order valence-corrected chi connectivity index (χ1v) is 8.86. The van der Waals surface area contributed by atoms with Crippen LogP contribution in [0, 0.1) is 16.7 Å². The maximum atomic E-state index is 12.8. The molecule has 2 saturated heterocycles. The van der Waals surface area contributed by atoms with Gasteiger partial charge in [0.25, 0.3) is 0 Å². The van der Waals surface area contributed by atoms with Crippen LogP contribution < -0.4 is 0 Å². The van der Waals surface area contributed by atoms with Crippen LogP contribution in [0.4, 0.5) is 0 Å². The monoisotopic (exact) mass is 356 g/mol. The summed E-state index contributed by atoms with van der Waals surface area (Å²) in [6, 6.07) is 1.79. The molecule has 6 atom stereocenters. The van der Waals surface area contributed by atoms with Crippen LogP contribution in [0.25, 0.3) is 0 Å². The number of allylic oxidation sites excluding steroid dienone is 1. The second-order valence-corrected chi connectivity index (χ2v) is 8.28. The van der Waals surface area contributed by atoms with E-state index in [4.69, 9.17) is 13.9 Å². The highest BCUT2D eigenvalue weighted by Crippen LogP contribution is 2.65. The fourth-order valence-electron chi connectivity index (χ4n) is 5.64. The smallest absolute Gasteiger partial charge is 0.343 e. The summed E-state index contributed by atoms with van der Waals surface area (Å²) >= 11 is 0. The second kappa shape index (κ2) is 4.68. The number of carbonyl (C=O) groups is 2. The predicted octanol–water partition coefficient (Wildman–Crippen LogP) is 2.45. The third-order valence-corrected chi connectivity index (χ3v) is 6.99. The van der Waals surface area contributed by atoms with Crippen molar-refractivity contribution in [3.8, 4) is 0 Å². The van der Waals surface area contributed by atoms with Crippen LogP contribution in [0.15, 0.2) is 46.8 Å². The van der Waals surface area contributed by atoms with Gasteiger partial charge in [-0.25, -0.2) is 9.59 Å². The minimum Gasteiger partial charge on any atom is -0.472 e. The maximum absolute atomic E-state index is 12.8. The molecule has 136 valence electrons. The average Bonchev–Trinajstić information content (AvgIpc) is 3.10. The van der Waals surface area contributed by atoms with Gasteiger partial charge in [0, 0.05) is 27.9 Å². The minimum atomic E-state index is -1.68. The molecule has 0 aromatic carbocycles. The molecule has 0 saturated carbocycles. The van der Waals surface area contributed by atoms with Crippen LogP contribution in [0.3, 0.4) is 0 Å². The lowest BCUT2D eigenvalue weighted by molar-refractivity contribution is -0.232. The van der Waals surface area contributed by atoms with E-state index >= 15 is 0 Å². The number of fused-ring (bicyclic) bond motifs is 2. The Morgan fingerprint density at radius 2 is 2.04 bits per heavy atom. The fraction of sp³-hybridized carbons (Fsp3) is 0.500. The lowest BCUT2D eigenvalue weighted by atomic mass is 9.45. The lowest BCUT2D eigenvalue weighted by Gasteiger charge is -2.63. The number of esters is 2. The summed E-state index contributed by atoms with van der Waals surface area (Å²) in [4.78, 5) is 25.1. The molecular formula is C20H20O6. The molecule has 2 fully saturated rings. The first-order valence-electron chi connectivity index (χ1n) is 8.86. The number of furan rings is 1. The molecule has 1 N–H and O–H groups in total. The number of rotatable bonds is 1. The van der Waals surface area contributed by atoms with Gasteiger partial charge in [0.1, 0.15) is 12.2 Å². The Morgan fingerprint density at radius 1 is 1.23 bits per heavy atom. The maximum Gasteiger partial charge on any atom is 0.343 e. The van der Waals surface area contributed by atoms with Crippen LogP contribution in [0.1, 0.15) is 38.4 Å². The highest BCUT2D eigenvalue weighted by molar-refractivity contribution is 5.92. The topological polar surface area (TPSA) is 86.0 Å². The van der Waals surface area contributed by atoms with E-state index in [2.05, 4.69) is 0 Å². The van der Waals surface area contributed by atoms with Gasteiger partial charge in [-0.2, -0.15) is 0 Å². The zero-order chi connectivity index (χ0) is 18.3. The molecule has 1 aromatic heterocycles. The predicted molar refractivity (Wildman–Crippen MR) is 88.5 cm³/mol. The van der Waals surface area contributed by atoms with E-state index in [0.717, 1.165) is 5.56 Å². The van der Waals surface area contributed by atoms with Gasteiger partial charge in [0.15, 0.2) is 5.60 Å². The van der Waals surface area contributed by atoms with Gasteiger partial charge in [-0.15, -0.1) is 0 Å². The van der Waals surface area contributed by atoms with Crippen molar-refractivity contribution in [2.75, 3.05) is 0 Å². The average molecular weight is 356 g/mol. The molecule has 0 radical (unpaired) electrons. The molecule has 6 rings (SSSR count). The summed E-state index contributed by atoms with van der Waals surface area (Å²) in [5.41, 5.74) is -1.59. The molecule has 2 aliphatic carbocycles. The van der Waals surface area contributed by atoms with E-state index < -0.39 is 34.6 Å². The van der Waals surface area contributed by atoms with Crippen LogP contribution in [0.5, 0.6) is 0 Å². The van der Waals surface area contributed by atoms with E-state index in [0.29, 0.717) is 18.4 Å². The van der Waals surface area contributed by atoms with Gasteiger partial charge in [0.05, 0.1) is 12.5 Å². The Kier molecular flexibility index (Phi) is 2.86. The van der Waals surface area contributed by atoms with Gasteiger partial charge in [-0.1, -0.05) is 19.9 Å².